The van der Waals surface area contributed by atoms with E-state index in [-0.39, 0.29) is 6.04 Å². The van der Waals surface area contributed by atoms with Crippen LogP contribution in [0.15, 0.2) is 42.6 Å². The smallest absolute Gasteiger partial charge is 0.0569 e. The highest BCUT2D eigenvalue weighted by Crippen LogP contribution is 2.17. The third-order valence-corrected chi connectivity index (χ3v) is 3.18. The van der Waals surface area contributed by atoms with Crippen LogP contribution < -0.4 is 10.6 Å². The molecule has 1 aromatic heterocycles. The van der Waals surface area contributed by atoms with Crippen LogP contribution in [0.4, 0.5) is 5.69 Å². The molecule has 0 aliphatic rings. The lowest BCUT2D eigenvalue weighted by Crippen LogP contribution is -2.17. The average Bonchev–Trinajstić information content (AvgIpc) is 2.39. The van der Waals surface area contributed by atoms with Crippen LogP contribution in [-0.2, 0) is 6.54 Å². The first-order chi connectivity index (χ1) is 9.06. The van der Waals surface area contributed by atoms with Gasteiger partial charge in [-0.05, 0) is 31.5 Å². The Labute approximate surface area is 115 Å². The Kier molecular flexibility index (Phi) is 4.17. The van der Waals surface area contributed by atoms with Crippen molar-refractivity contribution in [3.05, 3.63) is 59.4 Å². The molecule has 3 nitrogen and oxygen atoms in total. The molecular weight excluding hydrogens is 234 g/mol. The number of hydrogen-bond acceptors (Lipinski definition) is 3. The van der Waals surface area contributed by atoms with Crippen molar-refractivity contribution >= 4 is 5.69 Å². The number of rotatable bonds is 4. The first-order valence-electron chi connectivity index (χ1n) is 6.54. The quantitative estimate of drug-likeness (QED) is 0.913. The van der Waals surface area contributed by atoms with Crippen LogP contribution in [0.5, 0.6) is 0 Å². The molecule has 2 aromatic rings. The van der Waals surface area contributed by atoms with E-state index in [1.165, 1.54) is 11.1 Å². The molecule has 2 rings (SSSR count). The Hall–Kier alpha value is -1.87. The molecule has 0 fully saturated rings. The van der Waals surface area contributed by atoms with E-state index in [9.17, 15) is 0 Å². The van der Waals surface area contributed by atoms with Gasteiger partial charge in [-0.15, -0.1) is 0 Å². The Morgan fingerprint density at radius 1 is 1.26 bits per heavy atom. The lowest BCUT2D eigenvalue weighted by Gasteiger charge is -2.19. The van der Waals surface area contributed by atoms with Gasteiger partial charge in [0.05, 0.1) is 17.6 Å². The standard InChI is InChI=1S/C16H21N3/c1-12-5-4-6-14(9-12)11-19(3)15-7-8-16(13(2)17)18-10-15/h4-10,13H,11,17H2,1-3H3. The summed E-state index contributed by atoms with van der Waals surface area (Å²) in [5, 5.41) is 0. The molecule has 0 spiro atoms. The Balaban J connectivity index is 2.09. The molecule has 19 heavy (non-hydrogen) atoms. The normalized spacial score (nSPS) is 12.2. The summed E-state index contributed by atoms with van der Waals surface area (Å²) in [6.45, 7) is 4.93. The van der Waals surface area contributed by atoms with Gasteiger partial charge in [-0.3, -0.25) is 4.98 Å². The average molecular weight is 255 g/mol. The second kappa shape index (κ2) is 5.85. The fourth-order valence-electron chi connectivity index (χ4n) is 2.07. The fourth-order valence-corrected chi connectivity index (χ4v) is 2.07. The van der Waals surface area contributed by atoms with Gasteiger partial charge < -0.3 is 10.6 Å². The molecule has 0 bridgehead atoms. The Bertz CT molecular complexity index is 532. The van der Waals surface area contributed by atoms with Crippen molar-refractivity contribution in [3.8, 4) is 0 Å². The summed E-state index contributed by atoms with van der Waals surface area (Å²) >= 11 is 0. The second-order valence-electron chi connectivity index (χ2n) is 5.08. The van der Waals surface area contributed by atoms with Gasteiger partial charge in [-0.2, -0.15) is 0 Å². The number of benzene rings is 1. The molecule has 1 aromatic carbocycles. The summed E-state index contributed by atoms with van der Waals surface area (Å²) in [5.74, 6) is 0. The number of hydrogen-bond donors (Lipinski definition) is 1. The molecule has 0 saturated carbocycles. The van der Waals surface area contributed by atoms with Crippen molar-refractivity contribution in [1.29, 1.82) is 0 Å². The van der Waals surface area contributed by atoms with E-state index in [2.05, 4.69) is 54.2 Å². The van der Waals surface area contributed by atoms with Gasteiger partial charge in [-0.1, -0.05) is 29.8 Å². The van der Waals surface area contributed by atoms with Crippen LogP contribution in [0.2, 0.25) is 0 Å². The number of aryl methyl sites for hydroxylation is 1. The number of pyridine rings is 1. The van der Waals surface area contributed by atoms with Crippen LogP contribution in [0.3, 0.4) is 0 Å². The summed E-state index contributed by atoms with van der Waals surface area (Å²) in [7, 11) is 2.07. The van der Waals surface area contributed by atoms with Gasteiger partial charge in [0.1, 0.15) is 0 Å². The Morgan fingerprint density at radius 2 is 2.05 bits per heavy atom. The first-order valence-corrected chi connectivity index (χ1v) is 6.54. The SMILES string of the molecule is Cc1cccc(CN(C)c2ccc(C(C)N)nc2)c1. The maximum atomic E-state index is 5.80. The van der Waals surface area contributed by atoms with E-state index in [0.29, 0.717) is 0 Å². The topological polar surface area (TPSA) is 42.1 Å². The highest BCUT2D eigenvalue weighted by atomic mass is 15.1. The van der Waals surface area contributed by atoms with E-state index < -0.39 is 0 Å². The number of anilines is 1. The highest BCUT2D eigenvalue weighted by molar-refractivity contribution is 5.44. The number of nitrogens with two attached hydrogens (primary N) is 1. The molecule has 3 heteroatoms. The maximum Gasteiger partial charge on any atom is 0.0569 e. The minimum Gasteiger partial charge on any atom is -0.369 e. The molecule has 1 heterocycles. The van der Waals surface area contributed by atoms with Crippen LogP contribution in [0.25, 0.3) is 0 Å². The molecule has 0 radical (unpaired) electrons. The highest BCUT2D eigenvalue weighted by Gasteiger charge is 2.05. The number of nitrogens with zero attached hydrogens (tertiary/aromatic N) is 2. The van der Waals surface area contributed by atoms with E-state index in [1.807, 2.05) is 19.2 Å². The van der Waals surface area contributed by atoms with Gasteiger partial charge in [0.15, 0.2) is 0 Å². The third kappa shape index (κ3) is 3.55. The van der Waals surface area contributed by atoms with Gasteiger partial charge in [-0.25, -0.2) is 0 Å². The zero-order valence-corrected chi connectivity index (χ0v) is 11.8. The predicted molar refractivity (Wildman–Crippen MR) is 80.1 cm³/mol. The van der Waals surface area contributed by atoms with E-state index in [1.54, 1.807) is 0 Å². The fraction of sp³-hybridized carbons (Fsp3) is 0.312. The van der Waals surface area contributed by atoms with Gasteiger partial charge in [0.25, 0.3) is 0 Å². The summed E-state index contributed by atoms with van der Waals surface area (Å²) in [6, 6.07) is 12.6. The molecule has 1 atom stereocenters. The molecule has 2 N–H and O–H groups in total. The maximum absolute atomic E-state index is 5.80. The Morgan fingerprint density at radius 3 is 2.63 bits per heavy atom. The zero-order valence-electron chi connectivity index (χ0n) is 11.8. The minimum atomic E-state index is -0.0175. The van der Waals surface area contributed by atoms with Crippen LogP contribution >= 0.6 is 0 Å². The van der Waals surface area contributed by atoms with Crippen LogP contribution in [0.1, 0.15) is 29.8 Å². The van der Waals surface area contributed by atoms with E-state index >= 15 is 0 Å². The molecule has 0 aliphatic carbocycles. The van der Waals surface area contributed by atoms with Gasteiger partial charge >= 0.3 is 0 Å². The van der Waals surface area contributed by atoms with Gasteiger partial charge in [0.2, 0.25) is 0 Å². The summed E-state index contributed by atoms with van der Waals surface area (Å²) in [5.41, 5.74) is 10.4. The summed E-state index contributed by atoms with van der Waals surface area (Å²) < 4.78 is 0. The zero-order chi connectivity index (χ0) is 13.8. The molecule has 0 saturated heterocycles. The lowest BCUT2D eigenvalue weighted by molar-refractivity contribution is 0.779. The molecular formula is C16H21N3. The molecule has 1 unspecified atom stereocenters. The van der Waals surface area contributed by atoms with E-state index in [0.717, 1.165) is 17.9 Å². The van der Waals surface area contributed by atoms with Crippen molar-refractivity contribution in [2.24, 2.45) is 5.73 Å². The predicted octanol–water partition coefficient (Wildman–Crippen LogP) is 3.05. The van der Waals surface area contributed by atoms with Crippen LogP contribution in [0, 0.1) is 6.92 Å². The van der Waals surface area contributed by atoms with Crippen molar-refractivity contribution in [2.75, 3.05) is 11.9 Å². The van der Waals surface area contributed by atoms with Crippen molar-refractivity contribution in [2.45, 2.75) is 26.4 Å². The second-order valence-corrected chi connectivity index (χ2v) is 5.08. The van der Waals surface area contributed by atoms with Crippen molar-refractivity contribution < 1.29 is 0 Å². The van der Waals surface area contributed by atoms with Crippen molar-refractivity contribution in [3.63, 3.8) is 0 Å². The largest absolute Gasteiger partial charge is 0.369 e. The first kappa shape index (κ1) is 13.6. The molecule has 0 amide bonds. The molecule has 100 valence electrons. The lowest BCUT2D eigenvalue weighted by atomic mass is 10.1. The van der Waals surface area contributed by atoms with E-state index in [4.69, 9.17) is 5.73 Å². The third-order valence-electron chi connectivity index (χ3n) is 3.18. The van der Waals surface area contributed by atoms with Crippen LogP contribution in [-0.4, -0.2) is 12.0 Å². The summed E-state index contributed by atoms with van der Waals surface area (Å²) in [6.07, 6.45) is 1.88. The van der Waals surface area contributed by atoms with Gasteiger partial charge in [0, 0.05) is 19.6 Å². The minimum absolute atomic E-state index is 0.0175. The summed E-state index contributed by atoms with van der Waals surface area (Å²) in [4.78, 5) is 6.58. The van der Waals surface area contributed by atoms with Crippen molar-refractivity contribution in [1.82, 2.24) is 4.98 Å². The molecule has 0 aliphatic heterocycles. The number of aromatic nitrogens is 1. The monoisotopic (exact) mass is 255 g/mol.